The van der Waals surface area contributed by atoms with Crippen molar-refractivity contribution in [3.63, 3.8) is 0 Å². The molecule has 0 saturated carbocycles. The lowest BCUT2D eigenvalue weighted by Crippen LogP contribution is -2.46. The molecule has 16 heteroatoms. The second-order valence-electron chi connectivity index (χ2n) is 15.9. The van der Waals surface area contributed by atoms with Crippen LogP contribution in [0.4, 0.5) is 0 Å². The number of carbonyl (C=O) groups is 7. The Hall–Kier alpha value is -3.15. The highest BCUT2D eigenvalue weighted by atomic mass is 16.2. The van der Waals surface area contributed by atoms with Crippen molar-refractivity contribution in [2.24, 2.45) is 41.4 Å². The van der Waals surface area contributed by atoms with Gasteiger partial charge in [-0.05, 0) is 74.4 Å². The minimum Gasteiger partial charge on any atom is -0.355 e. The smallest absolute Gasteiger partial charge is 0.225 e. The molecule has 3 atom stereocenters. The largest absolute Gasteiger partial charge is 0.355 e. The Bertz CT molecular complexity index is 1070. The lowest BCUT2D eigenvalue weighted by Gasteiger charge is -2.23. The van der Waals surface area contributed by atoms with E-state index in [9.17, 15) is 33.6 Å². The third-order valence-corrected chi connectivity index (χ3v) is 11.0. The van der Waals surface area contributed by atoms with E-state index in [1.54, 1.807) is 49.2 Å². The van der Waals surface area contributed by atoms with Crippen molar-refractivity contribution in [1.29, 1.82) is 0 Å². The van der Waals surface area contributed by atoms with Gasteiger partial charge in [0.15, 0.2) is 0 Å². The van der Waals surface area contributed by atoms with Gasteiger partial charge in [-0.25, -0.2) is 0 Å². The molecule has 0 aliphatic carbocycles. The molecule has 0 aliphatic heterocycles. The molecule has 3 unspecified atom stereocenters. The molecule has 0 heterocycles. The van der Waals surface area contributed by atoms with Gasteiger partial charge in [-0.1, -0.05) is 41.0 Å². The van der Waals surface area contributed by atoms with Crippen LogP contribution in [0.15, 0.2) is 0 Å². The van der Waals surface area contributed by atoms with Crippen molar-refractivity contribution < 1.29 is 33.6 Å². The Labute approximate surface area is 363 Å². The maximum absolute atomic E-state index is 13.9. The molecule has 0 aromatic heterocycles. The van der Waals surface area contributed by atoms with Crippen molar-refractivity contribution in [1.82, 2.24) is 47.9 Å². The molecule has 0 radical (unpaired) electrons. The molecule has 0 aliphatic rings. The van der Waals surface area contributed by atoms with Gasteiger partial charge >= 0.3 is 0 Å². The molecule has 16 nitrogen and oxygen atoms in total. The molecule has 9 N–H and O–H groups in total. The summed E-state index contributed by atoms with van der Waals surface area (Å²) < 4.78 is 0. The van der Waals surface area contributed by atoms with Crippen LogP contribution in [0.2, 0.25) is 0 Å². The van der Waals surface area contributed by atoms with Gasteiger partial charge in [0.1, 0.15) is 23.1 Å². The van der Waals surface area contributed by atoms with Crippen LogP contribution in [0.5, 0.6) is 0 Å². The van der Waals surface area contributed by atoms with Gasteiger partial charge in [-0.15, -0.1) is 0 Å². The van der Waals surface area contributed by atoms with Gasteiger partial charge < -0.3 is 47.9 Å². The Morgan fingerprint density at radius 3 is 0.967 bits per heavy atom. The van der Waals surface area contributed by atoms with E-state index in [0.29, 0.717) is 45.7 Å². The molecule has 350 valence electrons. The van der Waals surface area contributed by atoms with Gasteiger partial charge in [0, 0.05) is 108 Å². The van der Waals surface area contributed by atoms with Gasteiger partial charge in [0.2, 0.25) is 17.7 Å². The van der Waals surface area contributed by atoms with Crippen LogP contribution in [0.3, 0.4) is 0 Å². The third kappa shape index (κ3) is 24.3. The standard InChI is InChI=1S/C43H83N9O7.CH4/c1-10-13-30(14-11-2)38(54)18-16-32(28-51-42(58)35(23-46-6)24-47-7)39(55)19-15-31(37(53)12-3)27-50-41(57)33(17-20-40(56)34(21-44-4)22-45-5)29-52-43(59)36(25-48-8)26-49-9;/h30-36,44-49H,10-29H2,1-9H3,(H,50,57)(H,51,58)(H,52,59);1H4. The van der Waals surface area contributed by atoms with E-state index >= 15 is 0 Å². The second-order valence-corrected chi connectivity index (χ2v) is 15.9. The zero-order valence-corrected chi connectivity index (χ0v) is 38.0. The first-order valence-corrected chi connectivity index (χ1v) is 22.1. The molecule has 0 rings (SSSR count). The summed E-state index contributed by atoms with van der Waals surface area (Å²) >= 11 is 0. The van der Waals surface area contributed by atoms with Crippen LogP contribution in [0.1, 0.15) is 98.8 Å². The van der Waals surface area contributed by atoms with Crippen LogP contribution < -0.4 is 47.9 Å². The lowest BCUT2D eigenvalue weighted by atomic mass is 9.86. The van der Waals surface area contributed by atoms with E-state index in [0.717, 1.165) is 25.7 Å². The number of nitrogens with one attached hydrogen (secondary N) is 9. The SMILES string of the molecule is C.CCCC(CCC)C(=O)CCC(CNC(=O)C(CNC)CNC)C(=O)CCC(CNC(=O)C(CCC(=O)C(CNC)CNC)CNC(=O)C(CNC)CNC)C(=O)CC. The van der Waals surface area contributed by atoms with Crippen LogP contribution in [-0.2, 0) is 33.6 Å². The lowest BCUT2D eigenvalue weighted by molar-refractivity contribution is -0.129. The number of ketones is 4. The number of Topliss-reactive ketones (excluding diaryl/α,β-unsaturated/α-hetero) is 4. The second kappa shape index (κ2) is 36.5. The molecule has 3 amide bonds. The molecular formula is C44H87N9O7. The molecule has 0 aromatic carbocycles. The highest BCUT2D eigenvalue weighted by Crippen LogP contribution is 2.22. The van der Waals surface area contributed by atoms with Gasteiger partial charge in [0.25, 0.3) is 0 Å². The zero-order valence-electron chi connectivity index (χ0n) is 38.0. The van der Waals surface area contributed by atoms with E-state index in [-0.39, 0.29) is 130 Å². The average molecular weight is 854 g/mol. The van der Waals surface area contributed by atoms with Crippen molar-refractivity contribution >= 4 is 40.9 Å². The highest BCUT2D eigenvalue weighted by Gasteiger charge is 2.29. The van der Waals surface area contributed by atoms with Gasteiger partial charge in [-0.3, -0.25) is 33.6 Å². The molecule has 0 bridgehead atoms. The third-order valence-electron chi connectivity index (χ3n) is 11.0. The number of hydrogen-bond acceptors (Lipinski definition) is 13. The van der Waals surface area contributed by atoms with Crippen LogP contribution in [-0.4, -0.2) is 142 Å². The van der Waals surface area contributed by atoms with Crippen molar-refractivity contribution in [3.8, 4) is 0 Å². The van der Waals surface area contributed by atoms with E-state index in [1.807, 2.05) is 0 Å². The maximum Gasteiger partial charge on any atom is 0.225 e. The number of rotatable bonds is 39. The van der Waals surface area contributed by atoms with E-state index in [1.165, 1.54) is 0 Å². The minimum atomic E-state index is -0.735. The van der Waals surface area contributed by atoms with Crippen LogP contribution >= 0.6 is 0 Å². The van der Waals surface area contributed by atoms with Gasteiger partial charge in [0.05, 0.1) is 17.8 Å². The fourth-order valence-corrected chi connectivity index (χ4v) is 7.49. The summed E-state index contributed by atoms with van der Waals surface area (Å²) in [6.07, 6.45) is 4.69. The summed E-state index contributed by atoms with van der Waals surface area (Å²) in [5, 5.41) is 26.9. The van der Waals surface area contributed by atoms with Crippen molar-refractivity contribution in [3.05, 3.63) is 0 Å². The quantitative estimate of drug-likeness (QED) is 0.0425. The maximum atomic E-state index is 13.9. The summed E-state index contributed by atoms with van der Waals surface area (Å²) in [5.41, 5.74) is 0. The van der Waals surface area contributed by atoms with Crippen LogP contribution in [0.25, 0.3) is 0 Å². The predicted molar refractivity (Wildman–Crippen MR) is 242 cm³/mol. The summed E-state index contributed by atoms with van der Waals surface area (Å²) in [7, 11) is 10.6. The minimum absolute atomic E-state index is 0. The number of hydrogen-bond donors (Lipinski definition) is 9. The zero-order chi connectivity index (χ0) is 44.6. The Morgan fingerprint density at radius 1 is 0.333 bits per heavy atom. The van der Waals surface area contributed by atoms with Crippen molar-refractivity contribution in [2.75, 3.05) is 101 Å². The average Bonchev–Trinajstić information content (AvgIpc) is 3.22. The monoisotopic (exact) mass is 854 g/mol. The molecule has 0 aromatic rings. The Kier molecular flexibility index (Phi) is 35.9. The first kappa shape index (κ1) is 58.9. The highest BCUT2D eigenvalue weighted by molar-refractivity contribution is 5.87. The number of carbonyl (C=O) groups excluding carboxylic acids is 7. The van der Waals surface area contributed by atoms with E-state index in [2.05, 4.69) is 61.7 Å². The van der Waals surface area contributed by atoms with E-state index in [4.69, 9.17) is 0 Å². The first-order valence-electron chi connectivity index (χ1n) is 22.1. The first-order chi connectivity index (χ1) is 28.3. The molecular weight excluding hydrogens is 767 g/mol. The molecule has 0 spiro atoms. The molecule has 0 saturated heterocycles. The summed E-state index contributed by atoms with van der Waals surface area (Å²) in [6.45, 7) is 8.69. The Balaban J connectivity index is 0. The van der Waals surface area contributed by atoms with Gasteiger partial charge in [-0.2, -0.15) is 0 Å². The molecule has 60 heavy (non-hydrogen) atoms. The topological polar surface area (TPSA) is 228 Å². The van der Waals surface area contributed by atoms with Crippen molar-refractivity contribution in [2.45, 2.75) is 98.8 Å². The number of amides is 3. The predicted octanol–water partition coefficient (Wildman–Crippen LogP) is 1.23. The Morgan fingerprint density at radius 2 is 0.617 bits per heavy atom. The van der Waals surface area contributed by atoms with E-state index < -0.39 is 17.8 Å². The fourth-order valence-electron chi connectivity index (χ4n) is 7.49. The summed E-state index contributed by atoms with van der Waals surface area (Å²) in [4.78, 5) is 93.5. The van der Waals surface area contributed by atoms with Crippen LogP contribution in [0, 0.1) is 41.4 Å². The normalized spacial score (nSPS) is 12.9. The fraction of sp³-hybridized carbons (Fsp3) is 0.841. The molecule has 0 fully saturated rings. The summed E-state index contributed by atoms with van der Waals surface area (Å²) in [5.74, 6) is -3.98. The summed E-state index contributed by atoms with van der Waals surface area (Å²) in [6, 6.07) is 0.